The lowest BCUT2D eigenvalue weighted by Crippen LogP contribution is -2.44. The molecule has 2 fully saturated rings. The first-order valence-electron chi connectivity index (χ1n) is 10.8. The van der Waals surface area contributed by atoms with E-state index >= 15 is 0 Å². The first-order valence-corrected chi connectivity index (χ1v) is 11.2. The van der Waals surface area contributed by atoms with E-state index in [0.29, 0.717) is 17.8 Å². The summed E-state index contributed by atoms with van der Waals surface area (Å²) in [6, 6.07) is 14.6. The average Bonchev–Trinajstić information content (AvgIpc) is 2.99. The zero-order valence-corrected chi connectivity index (χ0v) is 18.0. The van der Waals surface area contributed by atoms with Gasteiger partial charge in [0, 0.05) is 10.4 Å². The van der Waals surface area contributed by atoms with Crippen molar-refractivity contribution in [2.45, 2.75) is 51.0 Å². The van der Waals surface area contributed by atoms with Gasteiger partial charge in [-0.3, -0.25) is 0 Å². The van der Waals surface area contributed by atoms with Crippen LogP contribution >= 0.6 is 11.6 Å². The summed E-state index contributed by atoms with van der Waals surface area (Å²) in [6.45, 7) is 2.32. The SMILES string of the molecule is COc1ccc2c(c1)CCC1C2CCC2(C)C(O)C(=Cc3ccc(Cl)cc3)CC12. The lowest BCUT2D eigenvalue weighted by atomic mass is 9.55. The molecule has 5 rings (SSSR count). The summed E-state index contributed by atoms with van der Waals surface area (Å²) in [7, 11) is 1.74. The van der Waals surface area contributed by atoms with Crippen molar-refractivity contribution in [3.63, 3.8) is 0 Å². The van der Waals surface area contributed by atoms with E-state index in [4.69, 9.17) is 16.3 Å². The number of benzene rings is 2. The van der Waals surface area contributed by atoms with Crippen LogP contribution in [0.1, 0.15) is 55.2 Å². The zero-order valence-electron chi connectivity index (χ0n) is 17.2. The van der Waals surface area contributed by atoms with Crippen LogP contribution in [0.25, 0.3) is 6.08 Å². The molecule has 5 unspecified atom stereocenters. The van der Waals surface area contributed by atoms with Crippen molar-refractivity contribution in [1.82, 2.24) is 0 Å². The molecule has 0 spiro atoms. The van der Waals surface area contributed by atoms with Gasteiger partial charge < -0.3 is 9.84 Å². The van der Waals surface area contributed by atoms with Crippen molar-refractivity contribution in [1.29, 1.82) is 0 Å². The number of aliphatic hydroxyl groups excluding tert-OH is 1. The van der Waals surface area contributed by atoms with Crippen LogP contribution in [0.2, 0.25) is 5.02 Å². The Morgan fingerprint density at radius 3 is 2.69 bits per heavy atom. The van der Waals surface area contributed by atoms with E-state index in [1.165, 1.54) is 29.5 Å². The predicted molar refractivity (Wildman–Crippen MR) is 118 cm³/mol. The molecule has 2 saturated carbocycles. The molecule has 0 heterocycles. The molecular formula is C26H29ClO2. The normalized spacial score (nSPS) is 34.4. The van der Waals surface area contributed by atoms with E-state index in [9.17, 15) is 5.11 Å². The van der Waals surface area contributed by atoms with E-state index in [-0.39, 0.29) is 11.5 Å². The van der Waals surface area contributed by atoms with E-state index in [1.807, 2.05) is 24.3 Å². The lowest BCUT2D eigenvalue weighted by Gasteiger charge is -2.49. The van der Waals surface area contributed by atoms with Gasteiger partial charge in [0.1, 0.15) is 5.75 Å². The molecule has 0 radical (unpaired) electrons. The van der Waals surface area contributed by atoms with E-state index in [0.717, 1.165) is 35.6 Å². The number of halogens is 1. The van der Waals surface area contributed by atoms with Crippen LogP contribution in [0.5, 0.6) is 5.75 Å². The highest BCUT2D eigenvalue weighted by Crippen LogP contribution is 2.62. The molecule has 152 valence electrons. The minimum atomic E-state index is -0.346. The van der Waals surface area contributed by atoms with Crippen LogP contribution in [0.15, 0.2) is 48.0 Å². The molecule has 0 saturated heterocycles. The van der Waals surface area contributed by atoms with Gasteiger partial charge in [-0.2, -0.15) is 0 Å². The summed E-state index contributed by atoms with van der Waals surface area (Å²) in [5.41, 5.74) is 5.30. The molecule has 0 amide bonds. The maximum absolute atomic E-state index is 11.3. The Balaban J connectivity index is 1.46. The third kappa shape index (κ3) is 3.12. The van der Waals surface area contributed by atoms with Gasteiger partial charge >= 0.3 is 0 Å². The predicted octanol–water partition coefficient (Wildman–Crippen LogP) is 6.26. The van der Waals surface area contributed by atoms with E-state index < -0.39 is 0 Å². The van der Waals surface area contributed by atoms with Crippen LogP contribution in [0.4, 0.5) is 0 Å². The Morgan fingerprint density at radius 2 is 1.93 bits per heavy atom. The number of rotatable bonds is 2. The number of aryl methyl sites for hydroxylation is 1. The molecule has 5 atom stereocenters. The highest BCUT2D eigenvalue weighted by molar-refractivity contribution is 6.30. The molecule has 3 heteroatoms. The van der Waals surface area contributed by atoms with Crippen LogP contribution in [0, 0.1) is 17.3 Å². The molecule has 0 aromatic heterocycles. The molecule has 0 bridgehead atoms. The second kappa shape index (κ2) is 7.18. The van der Waals surface area contributed by atoms with Gasteiger partial charge in [0.15, 0.2) is 0 Å². The summed E-state index contributed by atoms with van der Waals surface area (Å²) in [6.07, 6.45) is 7.44. The first kappa shape index (κ1) is 19.2. The molecule has 3 aliphatic carbocycles. The molecule has 2 nitrogen and oxygen atoms in total. The Hall–Kier alpha value is -1.77. The van der Waals surface area contributed by atoms with Gasteiger partial charge in [-0.05, 0) is 96.4 Å². The molecule has 1 N–H and O–H groups in total. The maximum atomic E-state index is 11.3. The van der Waals surface area contributed by atoms with Gasteiger partial charge in [-0.1, -0.05) is 42.8 Å². The van der Waals surface area contributed by atoms with Gasteiger partial charge in [0.2, 0.25) is 0 Å². The highest BCUT2D eigenvalue weighted by atomic mass is 35.5. The van der Waals surface area contributed by atoms with Gasteiger partial charge in [-0.15, -0.1) is 0 Å². The fraction of sp³-hybridized carbons (Fsp3) is 0.462. The van der Waals surface area contributed by atoms with Gasteiger partial charge in [-0.25, -0.2) is 0 Å². The number of hydrogen-bond acceptors (Lipinski definition) is 2. The fourth-order valence-electron chi connectivity index (χ4n) is 6.46. The monoisotopic (exact) mass is 408 g/mol. The van der Waals surface area contributed by atoms with E-state index in [2.05, 4.69) is 31.2 Å². The summed E-state index contributed by atoms with van der Waals surface area (Å²) >= 11 is 6.04. The summed E-state index contributed by atoms with van der Waals surface area (Å²) in [5.74, 6) is 2.78. The maximum Gasteiger partial charge on any atom is 0.119 e. The smallest absolute Gasteiger partial charge is 0.119 e. The van der Waals surface area contributed by atoms with Crippen molar-refractivity contribution >= 4 is 17.7 Å². The van der Waals surface area contributed by atoms with Crippen molar-refractivity contribution in [3.8, 4) is 5.75 Å². The number of methoxy groups -OCH3 is 1. The largest absolute Gasteiger partial charge is 0.497 e. The van der Waals surface area contributed by atoms with Crippen LogP contribution in [-0.2, 0) is 6.42 Å². The Morgan fingerprint density at radius 1 is 1.14 bits per heavy atom. The summed E-state index contributed by atoms with van der Waals surface area (Å²) in [5, 5.41) is 12.1. The minimum Gasteiger partial charge on any atom is -0.497 e. The summed E-state index contributed by atoms with van der Waals surface area (Å²) < 4.78 is 5.44. The Labute approximate surface area is 178 Å². The average molecular weight is 409 g/mol. The molecule has 0 aliphatic heterocycles. The topological polar surface area (TPSA) is 29.5 Å². The first-order chi connectivity index (χ1) is 14.0. The van der Waals surface area contributed by atoms with Crippen LogP contribution < -0.4 is 4.74 Å². The quantitative estimate of drug-likeness (QED) is 0.635. The zero-order chi connectivity index (χ0) is 20.2. The van der Waals surface area contributed by atoms with Crippen LogP contribution in [0.3, 0.4) is 0 Å². The number of fused-ring (bicyclic) bond motifs is 5. The second-order valence-electron chi connectivity index (χ2n) is 9.40. The molecule has 3 aliphatic rings. The molecule has 29 heavy (non-hydrogen) atoms. The number of ether oxygens (including phenoxy) is 1. The highest BCUT2D eigenvalue weighted by Gasteiger charge is 2.56. The molecule has 2 aromatic rings. The standard InChI is InChI=1S/C26H29ClO2/c1-26-12-11-22-21-10-8-20(29-2)14-17(21)5-9-23(22)24(26)15-18(25(26)28)13-16-3-6-19(27)7-4-16/h3-4,6-8,10,13-14,22-25,28H,5,9,11-12,15H2,1-2H3. The third-order valence-corrected chi connectivity index (χ3v) is 8.28. The van der Waals surface area contributed by atoms with Crippen molar-refractivity contribution in [2.24, 2.45) is 17.3 Å². The van der Waals surface area contributed by atoms with E-state index in [1.54, 1.807) is 7.11 Å². The minimum absolute atomic E-state index is 0.0105. The molecule has 2 aromatic carbocycles. The second-order valence-corrected chi connectivity index (χ2v) is 9.84. The van der Waals surface area contributed by atoms with Crippen molar-refractivity contribution < 1.29 is 9.84 Å². The Kier molecular flexibility index (Phi) is 4.75. The van der Waals surface area contributed by atoms with Gasteiger partial charge in [0.05, 0.1) is 13.2 Å². The van der Waals surface area contributed by atoms with Crippen molar-refractivity contribution in [3.05, 3.63) is 69.8 Å². The number of aliphatic hydroxyl groups is 1. The molecular weight excluding hydrogens is 380 g/mol. The third-order valence-electron chi connectivity index (χ3n) is 8.02. The van der Waals surface area contributed by atoms with Gasteiger partial charge in [0.25, 0.3) is 0 Å². The summed E-state index contributed by atoms with van der Waals surface area (Å²) in [4.78, 5) is 0. The Bertz CT molecular complexity index is 948. The number of hydrogen-bond donors (Lipinski definition) is 1. The lowest BCUT2D eigenvalue weighted by molar-refractivity contribution is -0.0158. The van der Waals surface area contributed by atoms with Crippen LogP contribution in [-0.4, -0.2) is 18.3 Å². The van der Waals surface area contributed by atoms with Crippen molar-refractivity contribution in [2.75, 3.05) is 7.11 Å². The fourth-order valence-corrected chi connectivity index (χ4v) is 6.58.